The third kappa shape index (κ3) is 13.6. The Kier molecular flexibility index (Phi) is 16.6. The first kappa shape index (κ1) is 66.5. The summed E-state index contributed by atoms with van der Waals surface area (Å²) in [6.07, 6.45) is 3.40. The number of hydrogen-bond donors (Lipinski definition) is 0. The van der Waals surface area contributed by atoms with Crippen LogP contribution in [0.3, 0.4) is 0 Å². The van der Waals surface area contributed by atoms with Crippen LogP contribution in [0.2, 0.25) is 0 Å². The fourth-order valence-corrected chi connectivity index (χ4v) is 19.7. The Morgan fingerprint density at radius 1 is 0.172 bits per heavy atom. The predicted octanol–water partition coefficient (Wildman–Crippen LogP) is 35.0. The smallest absolute Gasteiger partial charge is 0.144 e. The molecule has 0 spiro atoms. The highest BCUT2D eigenvalue weighted by atomic mass is 16.3. The zero-order chi connectivity index (χ0) is 99.0. The predicted molar refractivity (Wildman–Crippen MR) is 560 cm³/mol. The lowest BCUT2D eigenvalue weighted by atomic mass is 9.85. The minimum atomic E-state index is -0.439. The second-order valence-electron chi connectivity index (χ2n) is 33.4. The monoisotopic (exact) mass is 1720 g/mol. The van der Waals surface area contributed by atoms with E-state index < -0.39 is 24.2 Å². The number of fused-ring (bicyclic) bond motifs is 12. The van der Waals surface area contributed by atoms with Crippen LogP contribution >= 0.6 is 0 Å². The topological polar surface area (TPSA) is 77.8 Å². The molecule has 0 saturated heterocycles. The van der Waals surface area contributed by atoms with E-state index in [0.29, 0.717) is 67.6 Å². The van der Waals surface area contributed by atoms with E-state index in [1.54, 1.807) is 24.5 Å². The lowest BCUT2D eigenvalue weighted by Gasteiger charge is -2.17. The van der Waals surface area contributed by atoms with E-state index in [-0.39, 0.29) is 92.1 Å². The van der Waals surface area contributed by atoms with Gasteiger partial charge in [-0.1, -0.05) is 443 Å². The average Bonchev–Trinajstić information content (AvgIpc) is 1.33. The summed E-state index contributed by atoms with van der Waals surface area (Å²) in [5.41, 5.74) is 20.0. The molecule has 0 aliphatic carbocycles. The molecule has 0 fully saturated rings. The van der Waals surface area contributed by atoms with Gasteiger partial charge in [0.1, 0.15) is 23.0 Å². The van der Waals surface area contributed by atoms with Crippen molar-refractivity contribution in [2.75, 3.05) is 0 Å². The molecule has 0 atom stereocenters. The summed E-state index contributed by atoms with van der Waals surface area (Å²) >= 11 is 0. The van der Waals surface area contributed by atoms with Gasteiger partial charge in [-0.05, 0) is 162 Å². The molecule has 0 amide bonds. The molecule has 26 aromatic rings. The molecule has 0 aliphatic rings. The van der Waals surface area contributed by atoms with Crippen LogP contribution in [0.25, 0.3) is 265 Å². The van der Waals surface area contributed by atoms with Gasteiger partial charge in [-0.3, -0.25) is 9.97 Å². The van der Waals surface area contributed by atoms with E-state index in [2.05, 4.69) is 192 Å². The second kappa shape index (κ2) is 33.3. The fourth-order valence-electron chi connectivity index (χ4n) is 19.7. The van der Waals surface area contributed by atoms with Crippen LogP contribution in [0.5, 0.6) is 0 Å². The van der Waals surface area contributed by atoms with Gasteiger partial charge in [0.2, 0.25) is 0 Å². The van der Waals surface area contributed by atoms with Crippen LogP contribution in [0.1, 0.15) is 16.4 Å². The lowest BCUT2D eigenvalue weighted by Crippen LogP contribution is -1.92. The van der Waals surface area contributed by atoms with E-state index >= 15 is 0 Å². The summed E-state index contributed by atoms with van der Waals surface area (Å²) in [6.45, 7) is 0. The maximum Gasteiger partial charge on any atom is 0.144 e. The number of benzene rings is 20. The summed E-state index contributed by atoms with van der Waals surface area (Å²) < 4.78 is 127. The summed E-state index contributed by atoms with van der Waals surface area (Å²) in [5.74, 6) is 2.70. The van der Waals surface area contributed by atoms with Crippen molar-refractivity contribution in [3.8, 4) is 157 Å². The zero-order valence-corrected chi connectivity index (χ0v) is 71.9. The molecule has 624 valence electrons. The van der Waals surface area contributed by atoms with Gasteiger partial charge in [-0.25, -0.2) is 9.97 Å². The van der Waals surface area contributed by atoms with Crippen molar-refractivity contribution >= 4 is 108 Å². The highest BCUT2D eigenvalue weighted by Gasteiger charge is 2.32. The van der Waals surface area contributed by atoms with Crippen molar-refractivity contribution in [3.05, 3.63) is 485 Å². The van der Waals surface area contributed by atoms with Crippen LogP contribution in [-0.2, 0) is 0 Å². The Hall–Kier alpha value is -17.8. The van der Waals surface area contributed by atoms with Crippen molar-refractivity contribution in [1.82, 2.24) is 19.9 Å². The van der Waals surface area contributed by atoms with Crippen molar-refractivity contribution in [1.29, 1.82) is 0 Å². The standard InChI is InChI=1S/2C64H40N2O/c1-4-18-41(19-5-1)57-52-29-12-14-31-54(52)60(55-32-15-13-30-53(55)57)64-58(42-20-6-2-7-21-42)59(63(67-64)45-22-8-3-9-23-45)47-25-16-24-46(40-47)48-36-37-51(50-28-11-10-27-49(48)50)56-38-35-44-34-33-43-26-17-39-65-61(43)62(44)66-56;1-4-17-42(18-5-1)57-52-26-12-14-28-54(52)60(55-29-15-13-27-53(55)57)64-59(43-19-6-2-7-20-43)58(63(67-64)47-21-8-3-9-22-47)44-32-30-41(31-33-44)48-37-38-51(50-25-11-10-24-49(48)50)56-39-36-46-35-34-45-23-16-40-65-61(45)62(46)66-56/h2*1-40H/i10D,11D,27D,28D,36D,37D;10D,11D,24D,25D,37D,38D. The number of nitrogens with zero attached hydrogens (tertiary/aromatic N) is 4. The average molecular weight is 1720 g/mol. The first-order chi connectivity index (χ1) is 71.5. The fraction of sp³-hybridized carbons (Fsp3) is 0. The molecule has 0 aliphatic heterocycles. The SMILES string of the molecule is [2H]c1c([2H])c([2H])c2c(-c3ccc4ccc5cccnc5c4n3)c([2H])c([2H])c(-c3ccc(-c4c(-c5ccccc5)oc(-c5c6ccccc6c(-c6ccccc6)c6ccccc56)c4-c4ccccc4)cc3)c2c1[2H].[2H]c1c([2H])c([2H])c2c(-c3ccc4ccc5cccnc5c4n3)c([2H])c([2H])c(-c3cccc(-c4c(-c5ccccc5)oc(-c5c6ccccc6c(-c6ccccc6)c6ccccc56)c4-c4ccccc4)c3)c2c1[2H]. The second-order valence-corrected chi connectivity index (χ2v) is 33.4. The first-order valence-electron chi connectivity index (χ1n) is 50.6. The molecule has 0 saturated carbocycles. The summed E-state index contributed by atoms with van der Waals surface area (Å²) in [4.78, 5) is 19.3. The zero-order valence-electron chi connectivity index (χ0n) is 83.9. The van der Waals surface area contributed by atoms with Gasteiger partial charge >= 0.3 is 0 Å². The van der Waals surface area contributed by atoms with Gasteiger partial charge in [0.05, 0.1) is 49.9 Å². The molecular weight excluding hydrogens is 1630 g/mol. The summed E-state index contributed by atoms with van der Waals surface area (Å²) in [5, 5.41) is 12.5. The molecule has 134 heavy (non-hydrogen) atoms. The maximum absolute atomic E-state index is 9.87. The Balaban J connectivity index is 0.000000152. The number of aromatic nitrogens is 4. The van der Waals surface area contributed by atoms with E-state index in [9.17, 15) is 11.0 Å². The van der Waals surface area contributed by atoms with Gasteiger partial charge in [0.25, 0.3) is 0 Å². The van der Waals surface area contributed by atoms with E-state index in [1.807, 2.05) is 206 Å². The molecule has 0 unspecified atom stereocenters. The van der Waals surface area contributed by atoms with Crippen LogP contribution in [-0.4, -0.2) is 19.9 Å². The number of rotatable bonds is 14. The maximum atomic E-state index is 9.87. The Bertz CT molecular complexity index is 9770. The lowest BCUT2D eigenvalue weighted by molar-refractivity contribution is 0.599. The molecule has 0 radical (unpaired) electrons. The summed E-state index contributed by atoms with van der Waals surface area (Å²) in [6, 6.07) is 130. The molecule has 6 heterocycles. The quantitative estimate of drug-likeness (QED) is 0.0797. The van der Waals surface area contributed by atoms with E-state index in [1.165, 1.54) is 0 Å². The largest absolute Gasteiger partial charge is 0.455 e. The molecule has 6 nitrogen and oxygen atoms in total. The number of pyridine rings is 4. The molecule has 20 aromatic carbocycles. The van der Waals surface area contributed by atoms with Crippen LogP contribution in [0.15, 0.2) is 494 Å². The third-order valence-electron chi connectivity index (χ3n) is 25.7. The molecule has 26 rings (SSSR count). The number of hydrogen-bond acceptors (Lipinski definition) is 6. The van der Waals surface area contributed by atoms with E-state index in [0.717, 1.165) is 154 Å². The van der Waals surface area contributed by atoms with Crippen molar-refractivity contribution in [2.24, 2.45) is 0 Å². The van der Waals surface area contributed by atoms with Gasteiger partial charge in [0.15, 0.2) is 0 Å². The molecule has 6 aromatic heterocycles. The minimum Gasteiger partial charge on any atom is -0.455 e. The van der Waals surface area contributed by atoms with Gasteiger partial charge in [-0.2, -0.15) is 0 Å². The molecule has 6 heteroatoms. The minimum absolute atomic E-state index is 0.116. The molecular formula is C128H80N4O2. The summed E-state index contributed by atoms with van der Waals surface area (Å²) in [7, 11) is 0. The molecule has 0 bridgehead atoms. The van der Waals surface area contributed by atoms with Crippen molar-refractivity contribution in [3.63, 3.8) is 0 Å². The van der Waals surface area contributed by atoms with Gasteiger partial charge in [0, 0.05) is 89.6 Å². The van der Waals surface area contributed by atoms with Crippen LogP contribution in [0.4, 0.5) is 0 Å². The van der Waals surface area contributed by atoms with Gasteiger partial charge in [-0.15, -0.1) is 0 Å². The van der Waals surface area contributed by atoms with Crippen LogP contribution < -0.4 is 0 Å². The normalized spacial score (nSPS) is 12.8. The Morgan fingerprint density at radius 3 is 0.821 bits per heavy atom. The van der Waals surface area contributed by atoms with Crippen molar-refractivity contribution < 1.29 is 25.3 Å². The number of furan rings is 2. The highest BCUT2D eigenvalue weighted by Crippen LogP contribution is 2.57. The molecule has 0 N–H and O–H groups in total. The van der Waals surface area contributed by atoms with Crippen LogP contribution in [0, 0.1) is 0 Å². The Morgan fingerprint density at radius 2 is 0.440 bits per heavy atom. The van der Waals surface area contributed by atoms with E-state index in [4.69, 9.17) is 24.3 Å². The first-order valence-corrected chi connectivity index (χ1v) is 44.6. The highest BCUT2D eigenvalue weighted by molar-refractivity contribution is 6.25. The van der Waals surface area contributed by atoms with Crippen molar-refractivity contribution in [2.45, 2.75) is 0 Å². The Labute approximate surface area is 790 Å². The third-order valence-corrected chi connectivity index (χ3v) is 25.7. The van der Waals surface area contributed by atoms with Gasteiger partial charge < -0.3 is 8.83 Å².